The van der Waals surface area contributed by atoms with Crippen LogP contribution in [0.4, 0.5) is 0 Å². The molecule has 90 valence electrons. The SMILES string of the molecule is [Cl-].[Cl-].[Cl-].[Cl-].[Cl-].[Cl-].[Cl-].[Cl-].[Cl-].[Cl-].[Pu].[U]. The zero-order chi connectivity index (χ0) is 0. The molecule has 0 aliphatic heterocycles. The summed E-state index contributed by atoms with van der Waals surface area (Å²) in [5, 5.41) is 0. The van der Waals surface area contributed by atoms with E-state index in [1.807, 2.05) is 0 Å². The van der Waals surface area contributed by atoms with Crippen molar-refractivity contribution in [2.24, 2.45) is 0 Å². The third-order valence-corrected chi connectivity index (χ3v) is 0. The van der Waals surface area contributed by atoms with E-state index in [1.54, 1.807) is 0 Å². The summed E-state index contributed by atoms with van der Waals surface area (Å²) in [6.07, 6.45) is 0. The molecule has 0 radical (unpaired) electrons. The Hall–Kier alpha value is 4.94. The number of hydrogen-bond acceptors (Lipinski definition) is 0. The first kappa shape index (κ1) is 176. The topological polar surface area (TPSA) is 0 Å². The molecular formula is Cl10PuU-10. The van der Waals surface area contributed by atoms with E-state index in [2.05, 4.69) is 0 Å². The molecule has 0 saturated heterocycles. The van der Waals surface area contributed by atoms with E-state index in [9.17, 15) is 0 Å². The minimum atomic E-state index is 0. The average molecular weight is 837 g/mol. The van der Waals surface area contributed by atoms with E-state index in [4.69, 9.17) is 0 Å². The maximum absolute atomic E-state index is 0. The molecule has 12 heavy (non-hydrogen) atoms. The molecule has 0 aromatic rings. The van der Waals surface area contributed by atoms with Gasteiger partial charge in [0.1, 0.15) is 0 Å². The van der Waals surface area contributed by atoms with Gasteiger partial charge in [-0.25, -0.2) is 0 Å². The number of hydrogen-bond donors (Lipinski definition) is 0. The van der Waals surface area contributed by atoms with Gasteiger partial charge in [-0.3, -0.25) is 0 Å². The fraction of sp³-hybridized carbons (Fsp3) is 0. The van der Waals surface area contributed by atoms with Gasteiger partial charge in [-0.05, 0) is 0 Å². The minimum absolute atomic E-state index is 0. The van der Waals surface area contributed by atoms with Crippen LogP contribution in [0, 0.1) is 60.3 Å². The quantitative estimate of drug-likeness (QED) is 0.228. The zero-order valence-corrected chi connectivity index (χ0v) is 19.8. The van der Waals surface area contributed by atoms with Gasteiger partial charge in [-0.2, -0.15) is 0 Å². The zero-order valence-electron chi connectivity index (χ0n) is 4.69. The molecule has 0 fully saturated rings. The Morgan fingerprint density at radius 1 is 0.250 bits per heavy atom. The molecule has 0 saturated carbocycles. The van der Waals surface area contributed by atoms with Crippen LogP contribution in [-0.4, -0.2) is 0 Å². The first-order chi connectivity index (χ1) is 0. The Balaban J connectivity index is 0. The summed E-state index contributed by atoms with van der Waals surface area (Å²) in [5.41, 5.74) is 0. The molecule has 0 rings (SSSR count). The normalized spacial score (nSPS) is 0. The van der Waals surface area contributed by atoms with Gasteiger partial charge in [0.2, 0.25) is 0 Å². The van der Waals surface area contributed by atoms with Crippen molar-refractivity contribution >= 4 is 0 Å². The summed E-state index contributed by atoms with van der Waals surface area (Å²) in [6, 6.07) is 0. The van der Waals surface area contributed by atoms with Gasteiger partial charge in [0.15, 0.2) is 0 Å². The van der Waals surface area contributed by atoms with Crippen LogP contribution >= 0.6 is 0 Å². The summed E-state index contributed by atoms with van der Waals surface area (Å²) < 4.78 is 0. The minimum Gasteiger partial charge on any atom is -1.00 e. The summed E-state index contributed by atoms with van der Waals surface area (Å²) in [6.45, 7) is 0. The van der Waals surface area contributed by atoms with Crippen LogP contribution in [0.1, 0.15) is 0 Å². The molecule has 0 spiro atoms. The molecular weight excluding hydrogens is 837 g/mol. The molecule has 0 amide bonds. The van der Waals surface area contributed by atoms with Crippen molar-refractivity contribution in [1.82, 2.24) is 0 Å². The number of rotatable bonds is 0. The first-order valence-corrected chi connectivity index (χ1v) is 0. The first-order valence-electron chi connectivity index (χ1n) is 0. The van der Waals surface area contributed by atoms with Gasteiger partial charge in [0.05, 0.1) is 0 Å². The van der Waals surface area contributed by atoms with Crippen LogP contribution in [-0.2, 0) is 0 Å². The molecule has 0 aliphatic carbocycles. The fourth-order valence-corrected chi connectivity index (χ4v) is 0. The fourth-order valence-electron chi connectivity index (χ4n) is 0. The van der Waals surface area contributed by atoms with Gasteiger partial charge in [0, 0.05) is 60.3 Å². The second kappa shape index (κ2) is 146. The van der Waals surface area contributed by atoms with Gasteiger partial charge in [-0.15, -0.1) is 0 Å². The van der Waals surface area contributed by atoms with Crippen molar-refractivity contribution in [2.75, 3.05) is 0 Å². The summed E-state index contributed by atoms with van der Waals surface area (Å²) in [5.74, 6) is 0. The van der Waals surface area contributed by atoms with Crippen molar-refractivity contribution < 1.29 is 184 Å². The van der Waals surface area contributed by atoms with Crippen LogP contribution in [0.25, 0.3) is 0 Å². The summed E-state index contributed by atoms with van der Waals surface area (Å²) in [7, 11) is 0. The standard InChI is InChI=1S/10ClH.Pu.U/h10*1H;;/p-10. The molecule has 0 nitrogen and oxygen atoms in total. The van der Waals surface area contributed by atoms with E-state index in [-0.39, 0.29) is 184 Å². The maximum Gasteiger partial charge on any atom is 0 e. The molecule has 0 aromatic carbocycles. The largest absolute Gasteiger partial charge is 1.00 e. The molecule has 0 bridgehead atoms. The van der Waals surface area contributed by atoms with Crippen molar-refractivity contribution in [3.63, 3.8) is 0 Å². The van der Waals surface area contributed by atoms with Gasteiger partial charge in [-0.1, -0.05) is 0 Å². The van der Waals surface area contributed by atoms with E-state index < -0.39 is 0 Å². The van der Waals surface area contributed by atoms with Gasteiger partial charge < -0.3 is 124 Å². The van der Waals surface area contributed by atoms with Crippen LogP contribution in [0.3, 0.4) is 0 Å². The van der Waals surface area contributed by atoms with E-state index in [0.29, 0.717) is 0 Å². The van der Waals surface area contributed by atoms with Crippen molar-refractivity contribution in [3.05, 3.63) is 0 Å². The second-order valence-electron chi connectivity index (χ2n) is 0. The third-order valence-electron chi connectivity index (χ3n) is 0. The van der Waals surface area contributed by atoms with Crippen LogP contribution in [0.5, 0.6) is 0 Å². The molecule has 0 heterocycles. The molecule has 12 heteroatoms. The molecule has 0 aromatic heterocycles. The average Bonchev–Trinajstić information content (AvgIpc) is 0. The monoisotopic (exact) mass is 826 g/mol. The van der Waals surface area contributed by atoms with Crippen LogP contribution < -0.4 is 124 Å². The van der Waals surface area contributed by atoms with Crippen molar-refractivity contribution in [3.8, 4) is 0 Å². The smallest absolute Gasteiger partial charge is 0 e. The second-order valence-corrected chi connectivity index (χ2v) is 0. The Morgan fingerprint density at radius 3 is 0.250 bits per heavy atom. The molecule has 0 aliphatic rings. The van der Waals surface area contributed by atoms with Crippen molar-refractivity contribution in [2.45, 2.75) is 0 Å². The van der Waals surface area contributed by atoms with Gasteiger partial charge >= 0.3 is 0 Å². The maximum atomic E-state index is 0. The van der Waals surface area contributed by atoms with Crippen molar-refractivity contribution in [1.29, 1.82) is 0 Å². The van der Waals surface area contributed by atoms with Crippen LogP contribution in [0.2, 0.25) is 0 Å². The number of halogens is 10. The Labute approximate surface area is 181 Å². The predicted molar refractivity (Wildman–Crippen MR) is 0 cm³/mol. The van der Waals surface area contributed by atoms with E-state index in [0.717, 1.165) is 0 Å². The van der Waals surface area contributed by atoms with Crippen LogP contribution in [0.15, 0.2) is 0 Å². The molecule has 0 N–H and O–H groups in total. The molecule has 0 unspecified atom stereocenters. The predicted octanol–water partition coefficient (Wildman–Crippen LogP) is -30.0. The Morgan fingerprint density at radius 2 is 0.250 bits per heavy atom. The Kier molecular flexibility index (Phi) is 2140. The Bertz CT molecular complexity index is 9.80. The molecule has 0 atom stereocenters. The van der Waals surface area contributed by atoms with Gasteiger partial charge in [0.25, 0.3) is 0 Å². The summed E-state index contributed by atoms with van der Waals surface area (Å²) in [4.78, 5) is 0. The third kappa shape index (κ3) is 119. The van der Waals surface area contributed by atoms with E-state index in [1.165, 1.54) is 0 Å². The summed E-state index contributed by atoms with van der Waals surface area (Å²) >= 11 is 0. The van der Waals surface area contributed by atoms with E-state index >= 15 is 0 Å².